The van der Waals surface area contributed by atoms with Crippen LogP contribution in [0.2, 0.25) is 0 Å². The molecule has 0 spiro atoms. The maximum absolute atomic E-state index is 11.8. The molecule has 0 unspecified atom stereocenters. The van der Waals surface area contributed by atoms with Gasteiger partial charge in [0.15, 0.2) is 5.82 Å². The van der Waals surface area contributed by atoms with E-state index in [0.29, 0.717) is 37.0 Å². The van der Waals surface area contributed by atoms with Crippen LogP contribution < -0.4 is 15.8 Å². The van der Waals surface area contributed by atoms with E-state index in [1.807, 2.05) is 20.8 Å². The molecule has 0 aliphatic rings. The Bertz CT molecular complexity index is 435. The lowest BCUT2D eigenvalue weighted by Gasteiger charge is -2.18. The van der Waals surface area contributed by atoms with E-state index in [1.54, 1.807) is 4.90 Å². The van der Waals surface area contributed by atoms with Crippen molar-refractivity contribution in [2.24, 2.45) is 0 Å². The summed E-state index contributed by atoms with van der Waals surface area (Å²) >= 11 is 0. The Morgan fingerprint density at radius 3 is 2.65 bits per heavy atom. The number of anilines is 2. The highest BCUT2D eigenvalue weighted by atomic mass is 16.5. The fourth-order valence-corrected chi connectivity index (χ4v) is 1.79. The quantitative estimate of drug-likeness (QED) is 0.742. The van der Waals surface area contributed by atoms with Gasteiger partial charge in [-0.3, -0.25) is 4.79 Å². The number of nitrogens with two attached hydrogens (primary N) is 1. The lowest BCUT2D eigenvalue weighted by molar-refractivity contribution is -0.130. The standard InChI is InChI=1S/C13H23N5O2/c1-4-18(5-2)10(19)7-8-15-12-11(14)13(20-6-3)17-9-16-12/h9H,4-8,14H2,1-3H3,(H,15,16,17). The molecule has 3 N–H and O–H groups in total. The summed E-state index contributed by atoms with van der Waals surface area (Å²) < 4.78 is 5.29. The van der Waals surface area contributed by atoms with Crippen LogP contribution in [0.3, 0.4) is 0 Å². The minimum Gasteiger partial charge on any atom is -0.476 e. The van der Waals surface area contributed by atoms with Gasteiger partial charge in [-0.15, -0.1) is 0 Å². The van der Waals surface area contributed by atoms with Crippen molar-refractivity contribution in [1.82, 2.24) is 14.9 Å². The van der Waals surface area contributed by atoms with Gasteiger partial charge in [0.2, 0.25) is 11.8 Å². The molecular weight excluding hydrogens is 258 g/mol. The number of hydrogen-bond acceptors (Lipinski definition) is 6. The Morgan fingerprint density at radius 2 is 2.05 bits per heavy atom. The minimum absolute atomic E-state index is 0.111. The number of hydrogen-bond donors (Lipinski definition) is 2. The first-order chi connectivity index (χ1) is 9.63. The summed E-state index contributed by atoms with van der Waals surface area (Å²) in [6.45, 7) is 8.19. The van der Waals surface area contributed by atoms with E-state index in [-0.39, 0.29) is 5.91 Å². The summed E-state index contributed by atoms with van der Waals surface area (Å²) in [5.74, 6) is 0.969. The second kappa shape index (κ2) is 8.19. The molecule has 1 amide bonds. The highest BCUT2D eigenvalue weighted by Crippen LogP contribution is 2.24. The van der Waals surface area contributed by atoms with Gasteiger partial charge in [-0.1, -0.05) is 0 Å². The van der Waals surface area contributed by atoms with Gasteiger partial charge in [0.1, 0.15) is 12.0 Å². The van der Waals surface area contributed by atoms with Crippen LogP contribution in [0.4, 0.5) is 11.5 Å². The number of nitrogens with zero attached hydrogens (tertiary/aromatic N) is 3. The smallest absolute Gasteiger partial charge is 0.242 e. The fourth-order valence-electron chi connectivity index (χ4n) is 1.79. The lowest BCUT2D eigenvalue weighted by Crippen LogP contribution is -2.31. The molecule has 1 rings (SSSR count). The zero-order chi connectivity index (χ0) is 15.0. The van der Waals surface area contributed by atoms with Crippen molar-refractivity contribution in [3.63, 3.8) is 0 Å². The molecule has 1 aromatic heterocycles. The first-order valence-electron chi connectivity index (χ1n) is 6.88. The van der Waals surface area contributed by atoms with Crippen molar-refractivity contribution >= 4 is 17.4 Å². The van der Waals surface area contributed by atoms with Crippen LogP contribution in [-0.2, 0) is 4.79 Å². The van der Waals surface area contributed by atoms with Crippen molar-refractivity contribution in [3.05, 3.63) is 6.33 Å². The molecule has 0 saturated carbocycles. The molecule has 1 heterocycles. The van der Waals surface area contributed by atoms with Crippen molar-refractivity contribution in [3.8, 4) is 5.88 Å². The molecule has 1 aromatic rings. The zero-order valence-corrected chi connectivity index (χ0v) is 12.3. The van der Waals surface area contributed by atoms with E-state index in [2.05, 4.69) is 15.3 Å². The highest BCUT2D eigenvalue weighted by molar-refractivity contribution is 5.77. The maximum Gasteiger partial charge on any atom is 0.242 e. The monoisotopic (exact) mass is 281 g/mol. The number of carbonyl (C=O) groups excluding carboxylic acids is 1. The van der Waals surface area contributed by atoms with Crippen molar-refractivity contribution < 1.29 is 9.53 Å². The molecule has 7 nitrogen and oxygen atoms in total. The summed E-state index contributed by atoms with van der Waals surface area (Å²) in [5.41, 5.74) is 6.26. The first-order valence-corrected chi connectivity index (χ1v) is 6.88. The van der Waals surface area contributed by atoms with Crippen LogP contribution in [0.25, 0.3) is 0 Å². The minimum atomic E-state index is 0.111. The van der Waals surface area contributed by atoms with E-state index >= 15 is 0 Å². The number of carbonyl (C=O) groups is 1. The third kappa shape index (κ3) is 4.25. The molecule has 0 aliphatic carbocycles. The molecule has 0 saturated heterocycles. The number of ether oxygens (including phenoxy) is 1. The Morgan fingerprint density at radius 1 is 1.35 bits per heavy atom. The molecule has 0 bridgehead atoms. The van der Waals surface area contributed by atoms with Gasteiger partial charge in [-0.05, 0) is 20.8 Å². The van der Waals surface area contributed by atoms with E-state index in [0.717, 1.165) is 13.1 Å². The van der Waals surface area contributed by atoms with Crippen LogP contribution in [0.15, 0.2) is 6.33 Å². The molecule has 0 radical (unpaired) electrons. The van der Waals surface area contributed by atoms with Crippen LogP contribution in [-0.4, -0.2) is 47.0 Å². The highest BCUT2D eigenvalue weighted by Gasteiger charge is 2.11. The molecular formula is C13H23N5O2. The largest absolute Gasteiger partial charge is 0.476 e. The summed E-state index contributed by atoms with van der Waals surface area (Å²) in [5, 5.41) is 3.04. The van der Waals surface area contributed by atoms with Crippen molar-refractivity contribution in [1.29, 1.82) is 0 Å². The van der Waals surface area contributed by atoms with Gasteiger partial charge < -0.3 is 20.7 Å². The third-order valence-electron chi connectivity index (χ3n) is 2.88. The average Bonchev–Trinajstić information content (AvgIpc) is 2.44. The summed E-state index contributed by atoms with van der Waals surface area (Å²) in [7, 11) is 0. The Balaban J connectivity index is 2.54. The van der Waals surface area contributed by atoms with Crippen LogP contribution >= 0.6 is 0 Å². The molecule has 20 heavy (non-hydrogen) atoms. The Kier molecular flexibility index (Phi) is 6.55. The average molecular weight is 281 g/mol. The SMILES string of the molecule is CCOc1ncnc(NCCC(=O)N(CC)CC)c1N. The van der Waals surface area contributed by atoms with Crippen LogP contribution in [0.1, 0.15) is 27.2 Å². The number of amides is 1. The van der Waals surface area contributed by atoms with Crippen molar-refractivity contribution in [2.75, 3.05) is 37.3 Å². The van der Waals surface area contributed by atoms with E-state index in [9.17, 15) is 4.79 Å². The number of nitrogens with one attached hydrogen (secondary N) is 1. The molecule has 0 atom stereocenters. The second-order valence-electron chi connectivity index (χ2n) is 4.12. The van der Waals surface area contributed by atoms with Gasteiger partial charge in [0.25, 0.3) is 0 Å². The normalized spacial score (nSPS) is 10.2. The van der Waals surface area contributed by atoms with Gasteiger partial charge >= 0.3 is 0 Å². The molecule has 0 fully saturated rings. The summed E-state index contributed by atoms with van der Waals surface area (Å²) in [6.07, 6.45) is 1.78. The Hall–Kier alpha value is -2.05. The lowest BCUT2D eigenvalue weighted by atomic mass is 10.3. The first kappa shape index (κ1) is 16.0. The predicted molar refractivity (Wildman–Crippen MR) is 78.6 cm³/mol. The molecule has 0 aliphatic heterocycles. The fraction of sp³-hybridized carbons (Fsp3) is 0.615. The maximum atomic E-state index is 11.8. The van der Waals surface area contributed by atoms with Gasteiger partial charge in [0, 0.05) is 26.1 Å². The second-order valence-corrected chi connectivity index (χ2v) is 4.12. The summed E-state index contributed by atoms with van der Waals surface area (Å²) in [4.78, 5) is 21.6. The van der Waals surface area contributed by atoms with E-state index in [1.165, 1.54) is 6.33 Å². The van der Waals surface area contributed by atoms with Gasteiger partial charge in [-0.25, -0.2) is 4.98 Å². The topological polar surface area (TPSA) is 93.4 Å². The Labute approximate surface area is 119 Å². The number of nitrogen functional groups attached to an aromatic ring is 1. The van der Waals surface area contributed by atoms with Crippen molar-refractivity contribution in [2.45, 2.75) is 27.2 Å². The zero-order valence-electron chi connectivity index (χ0n) is 12.3. The van der Waals surface area contributed by atoms with E-state index < -0.39 is 0 Å². The summed E-state index contributed by atoms with van der Waals surface area (Å²) in [6, 6.07) is 0. The predicted octanol–water partition coefficient (Wildman–Crippen LogP) is 1.13. The van der Waals surface area contributed by atoms with E-state index in [4.69, 9.17) is 10.5 Å². The number of rotatable bonds is 8. The van der Waals surface area contributed by atoms with Gasteiger partial charge in [0.05, 0.1) is 6.61 Å². The van der Waals surface area contributed by atoms with Gasteiger partial charge in [-0.2, -0.15) is 4.98 Å². The van der Waals surface area contributed by atoms with Crippen LogP contribution in [0, 0.1) is 0 Å². The third-order valence-corrected chi connectivity index (χ3v) is 2.88. The van der Waals surface area contributed by atoms with Crippen LogP contribution in [0.5, 0.6) is 5.88 Å². The molecule has 112 valence electrons. The molecule has 0 aromatic carbocycles. The molecule has 7 heteroatoms. The number of aromatic nitrogens is 2.